The van der Waals surface area contributed by atoms with Crippen LogP contribution >= 0.6 is 11.3 Å². The molecule has 0 atom stereocenters. The smallest absolute Gasteiger partial charge is 0.338 e. The fourth-order valence-electron chi connectivity index (χ4n) is 3.17. The van der Waals surface area contributed by atoms with Gasteiger partial charge in [0.25, 0.3) is 0 Å². The second-order valence-electron chi connectivity index (χ2n) is 8.20. The van der Waals surface area contributed by atoms with Crippen LogP contribution in [0, 0.1) is 0 Å². The van der Waals surface area contributed by atoms with Gasteiger partial charge in [0.1, 0.15) is 16.4 Å². The zero-order valence-corrected chi connectivity index (χ0v) is 18.0. The predicted octanol–water partition coefficient (Wildman–Crippen LogP) is 4.72. The summed E-state index contributed by atoms with van der Waals surface area (Å²) in [4.78, 5) is 29.3. The highest BCUT2D eigenvalue weighted by Gasteiger charge is 2.19. The maximum Gasteiger partial charge on any atom is 0.338 e. The molecule has 0 saturated carbocycles. The van der Waals surface area contributed by atoms with Crippen LogP contribution in [0.3, 0.4) is 0 Å². The number of thiazole rings is 1. The van der Waals surface area contributed by atoms with Crippen molar-refractivity contribution in [1.82, 2.24) is 4.98 Å². The van der Waals surface area contributed by atoms with Gasteiger partial charge in [-0.2, -0.15) is 0 Å². The Labute approximate surface area is 178 Å². The van der Waals surface area contributed by atoms with Crippen LogP contribution in [0.25, 0.3) is 10.2 Å². The first-order chi connectivity index (χ1) is 14.3. The van der Waals surface area contributed by atoms with Crippen molar-refractivity contribution >= 4 is 33.3 Å². The highest BCUT2D eigenvalue weighted by atomic mass is 32.1. The number of fused-ring (bicyclic) bond motifs is 2. The van der Waals surface area contributed by atoms with Crippen LogP contribution in [-0.2, 0) is 22.4 Å². The van der Waals surface area contributed by atoms with Gasteiger partial charge in [0.15, 0.2) is 11.5 Å². The molecule has 3 aromatic rings. The highest BCUT2D eigenvalue weighted by molar-refractivity contribution is 7.18. The Bertz CT molecular complexity index is 1070. The molecule has 1 aromatic heterocycles. The molecule has 0 unspecified atom stereocenters. The van der Waals surface area contributed by atoms with E-state index in [0.29, 0.717) is 29.9 Å². The van der Waals surface area contributed by atoms with Crippen molar-refractivity contribution in [2.24, 2.45) is 0 Å². The molecule has 0 spiro atoms. The van der Waals surface area contributed by atoms with Crippen LogP contribution in [0.4, 0.5) is 0 Å². The van der Waals surface area contributed by atoms with E-state index >= 15 is 0 Å². The minimum Gasteiger partial charge on any atom is -0.456 e. The standard InChI is InChI=1S/C23H23NO5S/c1-23(2,3)29-22(26)15-6-4-5-14(9-15)7-8-16(25)10-21-24-17-11-18-19(28-13-27-18)12-20(17)30-21/h4-6,9,11-12H,7-8,10,13H2,1-3H3. The number of benzene rings is 2. The van der Waals surface area contributed by atoms with Crippen molar-refractivity contribution in [2.75, 3.05) is 6.79 Å². The van der Waals surface area contributed by atoms with Gasteiger partial charge in [-0.05, 0) is 44.9 Å². The first-order valence-corrected chi connectivity index (χ1v) is 10.6. The van der Waals surface area contributed by atoms with Crippen LogP contribution in [-0.4, -0.2) is 29.1 Å². The van der Waals surface area contributed by atoms with Gasteiger partial charge in [-0.3, -0.25) is 4.79 Å². The number of ketones is 1. The van der Waals surface area contributed by atoms with E-state index in [0.717, 1.165) is 20.8 Å². The average molecular weight is 426 g/mol. The average Bonchev–Trinajstić information content (AvgIpc) is 3.28. The first kappa shape index (κ1) is 20.3. The van der Waals surface area contributed by atoms with Gasteiger partial charge >= 0.3 is 5.97 Å². The first-order valence-electron chi connectivity index (χ1n) is 9.80. The number of Topliss-reactive ketones (excluding diaryl/α,β-unsaturated/α-hetero) is 1. The molecular formula is C23H23NO5S. The molecule has 1 aliphatic heterocycles. The molecule has 0 N–H and O–H groups in total. The lowest BCUT2D eigenvalue weighted by molar-refractivity contribution is -0.118. The quantitative estimate of drug-likeness (QED) is 0.532. The van der Waals surface area contributed by atoms with Crippen LogP contribution in [0.1, 0.15) is 48.1 Å². The van der Waals surface area contributed by atoms with Gasteiger partial charge in [0, 0.05) is 18.6 Å². The Morgan fingerprint density at radius 3 is 2.67 bits per heavy atom. The van der Waals surface area contributed by atoms with Crippen LogP contribution in [0.15, 0.2) is 36.4 Å². The molecule has 0 fully saturated rings. The summed E-state index contributed by atoms with van der Waals surface area (Å²) in [6, 6.07) is 11.0. The zero-order valence-electron chi connectivity index (χ0n) is 17.2. The molecule has 6 nitrogen and oxygen atoms in total. The molecule has 0 amide bonds. The van der Waals surface area contributed by atoms with Crippen molar-refractivity contribution in [3.05, 3.63) is 52.5 Å². The van der Waals surface area contributed by atoms with Gasteiger partial charge in [-0.25, -0.2) is 9.78 Å². The minimum atomic E-state index is -0.543. The van der Waals surface area contributed by atoms with Gasteiger partial charge in [0.05, 0.1) is 22.2 Å². The summed E-state index contributed by atoms with van der Waals surface area (Å²) < 4.78 is 17.2. The zero-order chi connectivity index (χ0) is 21.3. The maximum atomic E-state index is 12.5. The van der Waals surface area contributed by atoms with E-state index in [4.69, 9.17) is 14.2 Å². The molecular weight excluding hydrogens is 402 g/mol. The summed E-state index contributed by atoms with van der Waals surface area (Å²) in [6.07, 6.45) is 1.24. The van der Waals surface area contributed by atoms with E-state index < -0.39 is 5.60 Å². The van der Waals surface area contributed by atoms with Crippen LogP contribution < -0.4 is 9.47 Å². The van der Waals surface area contributed by atoms with Crippen molar-refractivity contribution in [1.29, 1.82) is 0 Å². The number of hydrogen-bond donors (Lipinski definition) is 0. The molecule has 0 bridgehead atoms. The van der Waals surface area contributed by atoms with Crippen LogP contribution in [0.2, 0.25) is 0 Å². The summed E-state index contributed by atoms with van der Waals surface area (Å²) in [5, 5.41) is 0.779. The van der Waals surface area contributed by atoms with E-state index in [1.54, 1.807) is 12.1 Å². The number of aromatic nitrogens is 1. The Hall–Kier alpha value is -2.93. The van der Waals surface area contributed by atoms with Crippen molar-refractivity contribution in [3.63, 3.8) is 0 Å². The summed E-state index contributed by atoms with van der Waals surface area (Å²) in [7, 11) is 0. The number of ether oxygens (including phenoxy) is 3. The molecule has 1 aliphatic rings. The normalized spacial score (nSPS) is 12.9. The SMILES string of the molecule is CC(C)(C)OC(=O)c1cccc(CCC(=O)Cc2nc3cc4c(cc3s2)OCO4)c1. The van der Waals surface area contributed by atoms with Gasteiger partial charge in [-0.1, -0.05) is 12.1 Å². The van der Waals surface area contributed by atoms with Gasteiger partial charge < -0.3 is 14.2 Å². The maximum absolute atomic E-state index is 12.5. The fourth-order valence-corrected chi connectivity index (χ4v) is 4.18. The topological polar surface area (TPSA) is 74.7 Å². The molecule has 30 heavy (non-hydrogen) atoms. The number of nitrogens with zero attached hydrogens (tertiary/aromatic N) is 1. The lowest BCUT2D eigenvalue weighted by atomic mass is 10.0. The lowest BCUT2D eigenvalue weighted by Gasteiger charge is -2.19. The molecule has 2 aromatic carbocycles. The number of carbonyl (C=O) groups is 2. The Morgan fingerprint density at radius 2 is 1.90 bits per heavy atom. The minimum absolute atomic E-state index is 0.108. The van der Waals surface area contributed by atoms with Gasteiger partial charge in [0.2, 0.25) is 6.79 Å². The van der Waals surface area contributed by atoms with E-state index in [1.807, 2.05) is 45.0 Å². The third-order valence-corrected chi connectivity index (χ3v) is 5.55. The second-order valence-corrected chi connectivity index (χ2v) is 9.31. The molecule has 7 heteroatoms. The van der Waals surface area contributed by atoms with Gasteiger partial charge in [-0.15, -0.1) is 11.3 Å². The molecule has 156 valence electrons. The third kappa shape index (κ3) is 4.79. The molecule has 0 aliphatic carbocycles. The molecule has 2 heterocycles. The number of carbonyl (C=O) groups excluding carboxylic acids is 2. The summed E-state index contributed by atoms with van der Waals surface area (Å²) in [5.41, 5.74) is 1.70. The Balaban J connectivity index is 1.36. The van der Waals surface area contributed by atoms with E-state index in [2.05, 4.69) is 4.98 Å². The van der Waals surface area contributed by atoms with E-state index in [9.17, 15) is 9.59 Å². The van der Waals surface area contributed by atoms with Crippen molar-refractivity contribution < 1.29 is 23.8 Å². The summed E-state index contributed by atoms with van der Waals surface area (Å²) in [6.45, 7) is 5.74. The van der Waals surface area contributed by atoms with Crippen molar-refractivity contribution in [3.8, 4) is 11.5 Å². The number of esters is 1. The van der Waals surface area contributed by atoms with Crippen LogP contribution in [0.5, 0.6) is 11.5 Å². The summed E-state index contributed by atoms with van der Waals surface area (Å²) >= 11 is 1.50. The Morgan fingerprint density at radius 1 is 1.13 bits per heavy atom. The largest absolute Gasteiger partial charge is 0.456 e. The summed E-state index contributed by atoms with van der Waals surface area (Å²) in [5.74, 6) is 1.16. The van der Waals surface area contributed by atoms with E-state index in [-0.39, 0.29) is 25.0 Å². The predicted molar refractivity (Wildman–Crippen MR) is 114 cm³/mol. The second kappa shape index (κ2) is 8.07. The third-order valence-electron chi connectivity index (χ3n) is 4.53. The number of hydrogen-bond acceptors (Lipinski definition) is 7. The molecule has 0 radical (unpaired) electrons. The van der Waals surface area contributed by atoms with E-state index in [1.165, 1.54) is 11.3 Å². The molecule has 0 saturated heterocycles. The number of aryl methyl sites for hydroxylation is 1. The van der Waals surface area contributed by atoms with Crippen molar-refractivity contribution in [2.45, 2.75) is 45.6 Å². The number of rotatable bonds is 6. The lowest BCUT2D eigenvalue weighted by Crippen LogP contribution is -2.23. The monoisotopic (exact) mass is 425 g/mol. The Kier molecular flexibility index (Phi) is 5.47. The fraction of sp³-hybridized carbons (Fsp3) is 0.348. The molecule has 4 rings (SSSR count). The highest BCUT2D eigenvalue weighted by Crippen LogP contribution is 2.38.